The molecule has 0 heterocycles. The minimum Gasteiger partial charge on any atom is -0.450 e. The number of rotatable bonds is 5. The molecule has 0 aliphatic rings. The van der Waals surface area contributed by atoms with Gasteiger partial charge in [0.05, 0.1) is 4.92 Å². The minimum absolute atomic E-state index is 0.0464. The van der Waals surface area contributed by atoms with Gasteiger partial charge in [-0.25, -0.2) is 0 Å². The van der Waals surface area contributed by atoms with Crippen molar-refractivity contribution < 1.29 is 9.66 Å². The number of hydrogen-bond acceptors (Lipinski definition) is 3. The monoisotopic (exact) mass is 369 g/mol. The van der Waals surface area contributed by atoms with Gasteiger partial charge in [0.25, 0.3) is 0 Å². The molecule has 0 amide bonds. The first-order valence-electron chi connectivity index (χ1n) is 6.34. The van der Waals surface area contributed by atoms with Crippen molar-refractivity contribution in [3.8, 4) is 11.5 Å². The van der Waals surface area contributed by atoms with Gasteiger partial charge < -0.3 is 4.74 Å². The molecule has 0 aromatic heterocycles. The number of nitro benzene ring substituents is 1. The van der Waals surface area contributed by atoms with Crippen molar-refractivity contribution in [1.82, 2.24) is 0 Å². The Bertz CT molecular complexity index is 676. The van der Waals surface area contributed by atoms with Crippen molar-refractivity contribution in [2.45, 2.75) is 18.7 Å². The maximum atomic E-state index is 11.2. The summed E-state index contributed by atoms with van der Waals surface area (Å²) >= 11 is 9.32. The van der Waals surface area contributed by atoms with Crippen molar-refractivity contribution in [1.29, 1.82) is 0 Å². The molecule has 0 bridgehead atoms. The quantitative estimate of drug-likeness (QED) is 0.397. The minimum atomic E-state index is -0.438. The zero-order valence-corrected chi connectivity index (χ0v) is 13.6. The smallest absolute Gasteiger partial charge is 0.311 e. The molecule has 2 aromatic carbocycles. The molecule has 2 rings (SSSR count). The summed E-state index contributed by atoms with van der Waals surface area (Å²) < 4.78 is 5.72. The van der Waals surface area contributed by atoms with Gasteiger partial charge >= 0.3 is 5.69 Å². The van der Waals surface area contributed by atoms with Crippen LogP contribution in [0.5, 0.6) is 11.5 Å². The van der Waals surface area contributed by atoms with Gasteiger partial charge in [0.15, 0.2) is 0 Å². The summed E-state index contributed by atoms with van der Waals surface area (Å²) in [6.45, 7) is 1.94. The van der Waals surface area contributed by atoms with Crippen molar-refractivity contribution in [2.75, 3.05) is 0 Å². The molecule has 0 aliphatic heterocycles. The van der Waals surface area contributed by atoms with Crippen LogP contribution in [-0.2, 0) is 11.8 Å². The van der Waals surface area contributed by atoms with E-state index in [1.165, 1.54) is 6.07 Å². The van der Waals surface area contributed by atoms with E-state index in [0.717, 1.165) is 17.5 Å². The van der Waals surface area contributed by atoms with Crippen LogP contribution in [0.25, 0.3) is 0 Å². The van der Waals surface area contributed by atoms with Crippen molar-refractivity contribution in [3.05, 3.63) is 62.7 Å². The Morgan fingerprint density at radius 2 is 2.00 bits per heavy atom. The number of ether oxygens (including phenoxy) is 1. The van der Waals surface area contributed by atoms with Crippen molar-refractivity contribution in [3.63, 3.8) is 0 Å². The lowest BCUT2D eigenvalue weighted by molar-refractivity contribution is -0.385. The molecule has 0 aliphatic carbocycles. The molecule has 2 aromatic rings. The van der Waals surface area contributed by atoms with Gasteiger partial charge in [-0.3, -0.25) is 10.1 Å². The Morgan fingerprint density at radius 3 is 2.62 bits per heavy atom. The second-order valence-corrected chi connectivity index (χ2v) is 5.40. The second-order valence-electron chi connectivity index (χ2n) is 4.40. The molecule has 0 atom stereocenters. The molecule has 0 unspecified atom stereocenters. The predicted octanol–water partition coefficient (Wildman–Crippen LogP) is 5.50. The van der Waals surface area contributed by atoms with Gasteiger partial charge in [0.1, 0.15) is 5.75 Å². The van der Waals surface area contributed by atoms with Crippen LogP contribution in [-0.4, -0.2) is 4.92 Å². The normalized spacial score (nSPS) is 10.4. The van der Waals surface area contributed by atoms with E-state index < -0.39 is 4.92 Å². The fourth-order valence-corrected chi connectivity index (χ4v) is 2.49. The highest BCUT2D eigenvalue weighted by Gasteiger charge is 2.17. The summed E-state index contributed by atoms with van der Waals surface area (Å²) in [7, 11) is 0. The lowest BCUT2D eigenvalue weighted by Crippen LogP contribution is -1.96. The Balaban J connectivity index is 2.44. The molecular weight excluding hydrogens is 358 g/mol. The Labute approximate surface area is 136 Å². The van der Waals surface area contributed by atoms with Crippen molar-refractivity contribution >= 4 is 33.2 Å². The summed E-state index contributed by atoms with van der Waals surface area (Å²) in [5.41, 5.74) is 1.71. The van der Waals surface area contributed by atoms with Gasteiger partial charge in [0, 0.05) is 22.0 Å². The van der Waals surface area contributed by atoms with Crippen LogP contribution in [0.3, 0.4) is 0 Å². The lowest BCUT2D eigenvalue weighted by atomic mass is 10.1. The molecule has 110 valence electrons. The third-order valence-electron chi connectivity index (χ3n) is 3.02. The maximum absolute atomic E-state index is 11.2. The van der Waals surface area contributed by atoms with E-state index in [2.05, 4.69) is 15.9 Å². The van der Waals surface area contributed by atoms with E-state index >= 15 is 0 Å². The lowest BCUT2D eigenvalue weighted by Gasteiger charge is -2.11. The van der Waals surface area contributed by atoms with Gasteiger partial charge in [-0.15, -0.1) is 0 Å². The van der Waals surface area contributed by atoms with Gasteiger partial charge in [-0.05, 0) is 30.2 Å². The second kappa shape index (κ2) is 6.91. The first-order chi connectivity index (χ1) is 10.0. The third kappa shape index (κ3) is 3.74. The van der Waals surface area contributed by atoms with Crippen LogP contribution >= 0.6 is 27.5 Å². The van der Waals surface area contributed by atoms with E-state index in [9.17, 15) is 10.1 Å². The van der Waals surface area contributed by atoms with Gasteiger partial charge in [-0.1, -0.05) is 46.6 Å². The molecule has 4 nitrogen and oxygen atoms in total. The largest absolute Gasteiger partial charge is 0.450 e. The Kier molecular flexibility index (Phi) is 5.20. The highest BCUT2D eigenvalue weighted by molar-refractivity contribution is 9.08. The van der Waals surface area contributed by atoms with Crippen LogP contribution in [0.4, 0.5) is 5.69 Å². The first-order valence-corrected chi connectivity index (χ1v) is 7.84. The zero-order valence-electron chi connectivity index (χ0n) is 11.3. The SMILES string of the molecule is CCc1ccc(Oc2cc(Cl)ccc2CBr)c([N+](=O)[O-])c1. The van der Waals surface area contributed by atoms with E-state index in [0.29, 0.717) is 16.1 Å². The van der Waals surface area contributed by atoms with E-state index in [4.69, 9.17) is 16.3 Å². The molecular formula is C15H13BrClNO3. The van der Waals surface area contributed by atoms with Crippen LogP contribution in [0.2, 0.25) is 5.02 Å². The number of aryl methyl sites for hydroxylation is 1. The number of hydrogen-bond donors (Lipinski definition) is 0. The summed E-state index contributed by atoms with van der Waals surface area (Å²) in [6, 6.07) is 10.2. The number of halogens is 2. The van der Waals surface area contributed by atoms with Crippen molar-refractivity contribution in [2.24, 2.45) is 0 Å². The molecule has 6 heteroatoms. The van der Waals surface area contributed by atoms with Crippen LogP contribution < -0.4 is 4.74 Å². The Morgan fingerprint density at radius 1 is 1.24 bits per heavy atom. The third-order valence-corrected chi connectivity index (χ3v) is 3.86. The number of alkyl halides is 1. The summed E-state index contributed by atoms with van der Waals surface area (Å²) in [4.78, 5) is 10.8. The van der Waals surface area contributed by atoms with E-state index in [-0.39, 0.29) is 11.4 Å². The highest BCUT2D eigenvalue weighted by Crippen LogP contribution is 2.35. The van der Waals surface area contributed by atoms with Crippen LogP contribution in [0.15, 0.2) is 36.4 Å². The summed E-state index contributed by atoms with van der Waals surface area (Å²) in [5, 5.41) is 12.3. The predicted molar refractivity (Wildman–Crippen MR) is 86.6 cm³/mol. The fraction of sp³-hybridized carbons (Fsp3) is 0.200. The number of nitrogens with zero attached hydrogens (tertiary/aromatic N) is 1. The first kappa shape index (κ1) is 15.8. The van der Waals surface area contributed by atoms with E-state index in [1.54, 1.807) is 18.2 Å². The fourth-order valence-electron chi connectivity index (χ4n) is 1.86. The van der Waals surface area contributed by atoms with Crippen LogP contribution in [0.1, 0.15) is 18.1 Å². The molecule has 0 N–H and O–H groups in total. The number of benzene rings is 2. The number of nitro groups is 1. The van der Waals surface area contributed by atoms with Gasteiger partial charge in [-0.2, -0.15) is 0 Å². The summed E-state index contributed by atoms with van der Waals surface area (Å²) in [5.74, 6) is 0.716. The summed E-state index contributed by atoms with van der Waals surface area (Å²) in [6.07, 6.45) is 0.727. The topological polar surface area (TPSA) is 52.4 Å². The molecule has 0 fully saturated rings. The van der Waals surface area contributed by atoms with Crippen LogP contribution in [0, 0.1) is 10.1 Å². The van der Waals surface area contributed by atoms with E-state index in [1.807, 2.05) is 19.1 Å². The Hall–Kier alpha value is -1.59. The maximum Gasteiger partial charge on any atom is 0.311 e. The average Bonchev–Trinajstić information content (AvgIpc) is 2.47. The molecule has 0 spiro atoms. The molecule has 0 radical (unpaired) electrons. The zero-order chi connectivity index (χ0) is 15.4. The van der Waals surface area contributed by atoms with Gasteiger partial charge in [0.2, 0.25) is 5.75 Å². The highest BCUT2D eigenvalue weighted by atomic mass is 79.9. The molecule has 0 saturated carbocycles. The standard InChI is InChI=1S/C15H13BrClNO3/c1-2-10-3-6-14(13(7-10)18(19)20)21-15-8-12(17)5-4-11(15)9-16/h3-8H,2,9H2,1H3. The molecule has 0 saturated heterocycles. The molecule has 21 heavy (non-hydrogen) atoms. The average molecular weight is 371 g/mol.